The first kappa shape index (κ1) is 11.3. The zero-order valence-electron chi connectivity index (χ0n) is 8.80. The predicted molar refractivity (Wildman–Crippen MR) is 60.2 cm³/mol. The fourth-order valence-corrected chi connectivity index (χ4v) is 1.39. The van der Waals surface area contributed by atoms with Gasteiger partial charge in [-0.1, -0.05) is 45.0 Å². The van der Waals surface area contributed by atoms with Crippen molar-refractivity contribution in [1.29, 1.82) is 0 Å². The van der Waals surface area contributed by atoms with Crippen LogP contribution >= 0.6 is 11.6 Å². The molecule has 0 aromatic heterocycles. The van der Waals surface area contributed by atoms with Gasteiger partial charge in [-0.15, -0.1) is 11.6 Å². The third-order valence-corrected chi connectivity index (χ3v) is 2.44. The molecule has 0 heterocycles. The molecule has 1 aromatic rings. The summed E-state index contributed by atoms with van der Waals surface area (Å²) in [5.41, 5.74) is 2.04. The van der Waals surface area contributed by atoms with Gasteiger partial charge >= 0.3 is 0 Å². The molecule has 0 aliphatic rings. The van der Waals surface area contributed by atoms with Crippen molar-refractivity contribution in [1.82, 2.24) is 0 Å². The summed E-state index contributed by atoms with van der Waals surface area (Å²) in [7, 11) is 0. The van der Waals surface area contributed by atoms with Crippen LogP contribution in [0.3, 0.4) is 0 Å². The van der Waals surface area contributed by atoms with Gasteiger partial charge in [-0.25, -0.2) is 0 Å². The second-order valence-electron chi connectivity index (χ2n) is 4.38. The molecule has 0 saturated carbocycles. The molecule has 0 unspecified atom stereocenters. The van der Waals surface area contributed by atoms with Crippen LogP contribution in [0.1, 0.15) is 36.7 Å². The van der Waals surface area contributed by atoms with Crippen molar-refractivity contribution in [3.63, 3.8) is 0 Å². The number of rotatable bonds is 2. The number of ketones is 1. The fourth-order valence-electron chi connectivity index (χ4n) is 1.23. The molecule has 0 N–H and O–H groups in total. The van der Waals surface area contributed by atoms with Gasteiger partial charge in [0.2, 0.25) is 0 Å². The van der Waals surface area contributed by atoms with E-state index in [1.54, 1.807) is 0 Å². The van der Waals surface area contributed by atoms with Crippen molar-refractivity contribution in [2.45, 2.75) is 26.2 Å². The molecule has 0 bridgehead atoms. The van der Waals surface area contributed by atoms with Crippen molar-refractivity contribution in [3.05, 3.63) is 35.4 Å². The van der Waals surface area contributed by atoms with Crippen LogP contribution in [-0.4, -0.2) is 11.7 Å². The standard InChI is InChI=1S/C12H15ClO/c1-12(2,3)10-6-4-9(5-7-10)11(14)8-13/h4-7H,8H2,1-3H3. The number of carbonyl (C=O) groups excluding carboxylic acids is 1. The van der Waals surface area contributed by atoms with E-state index in [0.29, 0.717) is 5.56 Å². The van der Waals surface area contributed by atoms with Crippen LogP contribution in [0.5, 0.6) is 0 Å². The Morgan fingerprint density at radius 3 is 2.07 bits per heavy atom. The average Bonchev–Trinajstić information content (AvgIpc) is 2.15. The number of hydrogen-bond acceptors (Lipinski definition) is 1. The summed E-state index contributed by atoms with van der Waals surface area (Å²) in [5.74, 6) is 0.0293. The van der Waals surface area contributed by atoms with Crippen LogP contribution in [-0.2, 0) is 5.41 Å². The van der Waals surface area contributed by atoms with Crippen LogP contribution in [0.25, 0.3) is 0 Å². The molecule has 1 aromatic carbocycles. The van der Waals surface area contributed by atoms with E-state index in [1.807, 2.05) is 24.3 Å². The Bertz CT molecular complexity index is 319. The first-order chi connectivity index (χ1) is 6.45. The molecule has 0 spiro atoms. The van der Waals surface area contributed by atoms with E-state index in [2.05, 4.69) is 20.8 Å². The summed E-state index contributed by atoms with van der Waals surface area (Å²) in [4.78, 5) is 11.2. The second-order valence-corrected chi connectivity index (χ2v) is 4.65. The van der Waals surface area contributed by atoms with E-state index in [0.717, 1.165) is 0 Å². The molecule has 0 aliphatic carbocycles. The third kappa shape index (κ3) is 2.58. The SMILES string of the molecule is CC(C)(C)c1ccc(C(=O)CCl)cc1. The molecule has 76 valence electrons. The minimum Gasteiger partial charge on any atom is -0.293 e. The van der Waals surface area contributed by atoms with E-state index >= 15 is 0 Å². The van der Waals surface area contributed by atoms with Gasteiger partial charge in [0.15, 0.2) is 5.78 Å². The molecule has 14 heavy (non-hydrogen) atoms. The normalized spacial score (nSPS) is 11.4. The zero-order chi connectivity index (χ0) is 10.8. The van der Waals surface area contributed by atoms with Crippen molar-refractivity contribution >= 4 is 17.4 Å². The molecule has 0 saturated heterocycles. The molecule has 0 fully saturated rings. The number of halogens is 1. The monoisotopic (exact) mass is 210 g/mol. The van der Waals surface area contributed by atoms with Crippen molar-refractivity contribution in [3.8, 4) is 0 Å². The fraction of sp³-hybridized carbons (Fsp3) is 0.417. The van der Waals surface area contributed by atoms with E-state index in [4.69, 9.17) is 11.6 Å². The highest BCUT2D eigenvalue weighted by atomic mass is 35.5. The predicted octanol–water partition coefficient (Wildman–Crippen LogP) is 3.41. The number of Topliss-reactive ketones (excluding diaryl/α,β-unsaturated/α-hetero) is 1. The van der Waals surface area contributed by atoms with Gasteiger partial charge in [-0.3, -0.25) is 4.79 Å². The topological polar surface area (TPSA) is 17.1 Å². The van der Waals surface area contributed by atoms with Gasteiger partial charge in [0, 0.05) is 5.56 Å². The molecular weight excluding hydrogens is 196 g/mol. The Balaban J connectivity index is 2.95. The number of carbonyl (C=O) groups is 1. The Labute approximate surface area is 90.1 Å². The summed E-state index contributed by atoms with van der Waals surface area (Å²) in [6.07, 6.45) is 0. The van der Waals surface area contributed by atoms with Crippen molar-refractivity contribution < 1.29 is 4.79 Å². The van der Waals surface area contributed by atoms with E-state index in [-0.39, 0.29) is 17.1 Å². The van der Waals surface area contributed by atoms with Gasteiger partial charge in [0.1, 0.15) is 0 Å². The molecule has 0 atom stereocenters. The summed E-state index contributed by atoms with van der Waals surface area (Å²) in [6, 6.07) is 7.65. The number of alkyl halides is 1. The lowest BCUT2D eigenvalue weighted by Crippen LogP contribution is -2.11. The Morgan fingerprint density at radius 2 is 1.71 bits per heavy atom. The van der Waals surface area contributed by atoms with Gasteiger partial charge in [0.25, 0.3) is 0 Å². The van der Waals surface area contributed by atoms with Crippen molar-refractivity contribution in [2.24, 2.45) is 0 Å². The smallest absolute Gasteiger partial charge is 0.177 e. The Hall–Kier alpha value is -0.820. The van der Waals surface area contributed by atoms with E-state index in [9.17, 15) is 4.79 Å². The number of hydrogen-bond donors (Lipinski definition) is 0. The summed E-state index contributed by atoms with van der Waals surface area (Å²) < 4.78 is 0. The highest BCUT2D eigenvalue weighted by Gasteiger charge is 2.13. The highest BCUT2D eigenvalue weighted by molar-refractivity contribution is 6.30. The maximum Gasteiger partial charge on any atom is 0.177 e. The van der Waals surface area contributed by atoms with Gasteiger partial charge in [-0.05, 0) is 11.0 Å². The summed E-state index contributed by atoms with van der Waals surface area (Å²) in [6.45, 7) is 6.43. The van der Waals surface area contributed by atoms with Crippen LogP contribution in [0, 0.1) is 0 Å². The van der Waals surface area contributed by atoms with Gasteiger partial charge < -0.3 is 0 Å². The molecular formula is C12H15ClO. The lowest BCUT2D eigenvalue weighted by atomic mass is 9.86. The Morgan fingerprint density at radius 1 is 1.21 bits per heavy atom. The molecule has 1 nitrogen and oxygen atoms in total. The quantitative estimate of drug-likeness (QED) is 0.540. The third-order valence-electron chi connectivity index (χ3n) is 2.19. The second kappa shape index (κ2) is 4.14. The van der Waals surface area contributed by atoms with Gasteiger partial charge in [0.05, 0.1) is 5.88 Å². The number of benzene rings is 1. The maximum atomic E-state index is 11.2. The average molecular weight is 211 g/mol. The zero-order valence-corrected chi connectivity index (χ0v) is 9.56. The van der Waals surface area contributed by atoms with Crippen LogP contribution in [0.2, 0.25) is 0 Å². The van der Waals surface area contributed by atoms with Gasteiger partial charge in [-0.2, -0.15) is 0 Å². The molecule has 0 amide bonds. The van der Waals surface area contributed by atoms with E-state index in [1.165, 1.54) is 5.56 Å². The van der Waals surface area contributed by atoms with Crippen LogP contribution < -0.4 is 0 Å². The minimum absolute atomic E-state index is 0.0212. The molecule has 0 radical (unpaired) electrons. The molecule has 2 heteroatoms. The molecule has 1 rings (SSSR count). The first-order valence-electron chi connectivity index (χ1n) is 4.65. The maximum absolute atomic E-state index is 11.2. The molecule has 0 aliphatic heterocycles. The van der Waals surface area contributed by atoms with E-state index < -0.39 is 0 Å². The van der Waals surface area contributed by atoms with Crippen molar-refractivity contribution in [2.75, 3.05) is 5.88 Å². The van der Waals surface area contributed by atoms with Crippen LogP contribution in [0.15, 0.2) is 24.3 Å². The highest BCUT2D eigenvalue weighted by Crippen LogP contribution is 2.22. The lowest BCUT2D eigenvalue weighted by Gasteiger charge is -2.18. The Kier molecular flexibility index (Phi) is 3.33. The summed E-state index contributed by atoms with van der Waals surface area (Å²) >= 11 is 5.47. The first-order valence-corrected chi connectivity index (χ1v) is 5.18. The largest absolute Gasteiger partial charge is 0.293 e. The minimum atomic E-state index is -0.0212. The lowest BCUT2D eigenvalue weighted by molar-refractivity contribution is 0.102. The summed E-state index contributed by atoms with van der Waals surface area (Å²) in [5, 5.41) is 0. The van der Waals surface area contributed by atoms with Crippen LogP contribution in [0.4, 0.5) is 0 Å².